The summed E-state index contributed by atoms with van der Waals surface area (Å²) in [6.45, 7) is -0.250. The standard InChI is InChI=1S/C8H9F2NO3/c1-11(14)3-4-2-5(9)8(13)6(10)7(4)12/h2,12-14H,3H2,1H3. The molecule has 0 aliphatic heterocycles. The third-order valence-corrected chi connectivity index (χ3v) is 1.65. The fraction of sp³-hybridized carbons (Fsp3) is 0.250. The van der Waals surface area contributed by atoms with Crippen molar-refractivity contribution in [3.05, 3.63) is 23.3 Å². The topological polar surface area (TPSA) is 63.9 Å². The maximum atomic E-state index is 12.9. The van der Waals surface area contributed by atoms with Crippen LogP contribution in [0.25, 0.3) is 0 Å². The SMILES string of the molecule is CN(O)Cc1cc(F)c(O)c(F)c1O. The first-order chi connectivity index (χ1) is 6.43. The van der Waals surface area contributed by atoms with Gasteiger partial charge in [0.2, 0.25) is 5.82 Å². The number of phenols is 2. The molecule has 4 nitrogen and oxygen atoms in total. The van der Waals surface area contributed by atoms with E-state index in [1.165, 1.54) is 7.05 Å². The molecule has 1 aromatic rings. The van der Waals surface area contributed by atoms with Crippen LogP contribution in [0, 0.1) is 11.6 Å². The van der Waals surface area contributed by atoms with Gasteiger partial charge in [0.1, 0.15) is 0 Å². The Balaban J connectivity index is 3.19. The zero-order valence-electron chi connectivity index (χ0n) is 7.33. The Kier molecular flexibility index (Phi) is 2.87. The Morgan fingerprint density at radius 3 is 2.36 bits per heavy atom. The predicted octanol–water partition coefficient (Wildman–Crippen LogP) is 1.20. The summed E-state index contributed by atoms with van der Waals surface area (Å²) in [5.41, 5.74) is -0.150. The molecule has 0 radical (unpaired) electrons. The average Bonchev–Trinajstić information content (AvgIpc) is 2.10. The van der Waals surface area contributed by atoms with E-state index in [1.807, 2.05) is 0 Å². The maximum Gasteiger partial charge on any atom is 0.209 e. The van der Waals surface area contributed by atoms with Crippen LogP contribution in [0.2, 0.25) is 0 Å². The van der Waals surface area contributed by atoms with E-state index in [4.69, 9.17) is 15.4 Å². The summed E-state index contributed by atoms with van der Waals surface area (Å²) in [5, 5.41) is 27.3. The molecule has 0 saturated heterocycles. The highest BCUT2D eigenvalue weighted by atomic mass is 19.1. The lowest BCUT2D eigenvalue weighted by molar-refractivity contribution is -0.0737. The van der Waals surface area contributed by atoms with Crippen LogP contribution in [0.15, 0.2) is 6.07 Å². The van der Waals surface area contributed by atoms with Crippen LogP contribution < -0.4 is 0 Å². The average molecular weight is 205 g/mol. The van der Waals surface area contributed by atoms with Crippen LogP contribution in [0.3, 0.4) is 0 Å². The van der Waals surface area contributed by atoms with Gasteiger partial charge in [0, 0.05) is 12.6 Å². The van der Waals surface area contributed by atoms with Crippen molar-refractivity contribution in [2.45, 2.75) is 6.54 Å². The second-order valence-corrected chi connectivity index (χ2v) is 2.84. The first kappa shape index (κ1) is 10.7. The van der Waals surface area contributed by atoms with Crippen LogP contribution >= 0.6 is 0 Å². The van der Waals surface area contributed by atoms with Crippen LogP contribution in [0.4, 0.5) is 8.78 Å². The van der Waals surface area contributed by atoms with Gasteiger partial charge in [-0.2, -0.15) is 9.45 Å². The number of benzene rings is 1. The summed E-state index contributed by atoms with van der Waals surface area (Å²) in [7, 11) is 1.25. The van der Waals surface area contributed by atoms with Gasteiger partial charge in [-0.15, -0.1) is 0 Å². The molecule has 0 aliphatic carbocycles. The second-order valence-electron chi connectivity index (χ2n) is 2.84. The van der Waals surface area contributed by atoms with Crippen molar-refractivity contribution in [1.29, 1.82) is 0 Å². The maximum absolute atomic E-state index is 12.9. The van der Waals surface area contributed by atoms with Crippen molar-refractivity contribution in [3.8, 4) is 11.5 Å². The molecule has 0 aliphatic rings. The van der Waals surface area contributed by atoms with Gasteiger partial charge >= 0.3 is 0 Å². The molecule has 3 N–H and O–H groups in total. The number of hydrogen-bond acceptors (Lipinski definition) is 4. The molecule has 0 heterocycles. The first-order valence-electron chi connectivity index (χ1n) is 3.72. The van der Waals surface area contributed by atoms with E-state index >= 15 is 0 Å². The molecule has 0 amide bonds. The highest BCUT2D eigenvalue weighted by molar-refractivity contribution is 5.41. The number of hydroxylamine groups is 2. The lowest BCUT2D eigenvalue weighted by atomic mass is 10.1. The van der Waals surface area contributed by atoms with Gasteiger partial charge in [-0.3, -0.25) is 0 Å². The molecule has 78 valence electrons. The van der Waals surface area contributed by atoms with Gasteiger partial charge in [0.05, 0.1) is 6.54 Å². The molecular weight excluding hydrogens is 196 g/mol. The van der Waals surface area contributed by atoms with E-state index in [2.05, 4.69) is 0 Å². The van der Waals surface area contributed by atoms with Gasteiger partial charge in [0.25, 0.3) is 0 Å². The molecule has 0 bridgehead atoms. The molecule has 6 heteroatoms. The van der Waals surface area contributed by atoms with Crippen molar-refractivity contribution in [1.82, 2.24) is 5.06 Å². The van der Waals surface area contributed by atoms with Gasteiger partial charge < -0.3 is 15.4 Å². The zero-order valence-corrected chi connectivity index (χ0v) is 7.33. The Morgan fingerprint density at radius 2 is 1.86 bits per heavy atom. The van der Waals surface area contributed by atoms with E-state index in [0.29, 0.717) is 5.06 Å². The smallest absolute Gasteiger partial charge is 0.209 e. The normalized spacial score (nSPS) is 10.9. The minimum atomic E-state index is -1.43. The minimum Gasteiger partial charge on any atom is -0.504 e. The number of nitrogens with zero attached hydrogens (tertiary/aromatic N) is 1. The molecule has 1 rings (SSSR count). The zero-order chi connectivity index (χ0) is 10.9. The van der Waals surface area contributed by atoms with Crippen molar-refractivity contribution in [3.63, 3.8) is 0 Å². The Morgan fingerprint density at radius 1 is 1.29 bits per heavy atom. The number of halogens is 2. The predicted molar refractivity (Wildman–Crippen MR) is 42.9 cm³/mol. The summed E-state index contributed by atoms with van der Waals surface area (Å²) in [6, 6.07) is 0.750. The lowest BCUT2D eigenvalue weighted by Gasteiger charge is -2.11. The fourth-order valence-corrected chi connectivity index (χ4v) is 1.01. The monoisotopic (exact) mass is 205 g/mol. The molecule has 0 fully saturated rings. The second kappa shape index (κ2) is 3.77. The van der Waals surface area contributed by atoms with Crippen LogP contribution in [-0.4, -0.2) is 27.5 Å². The highest BCUT2D eigenvalue weighted by Crippen LogP contribution is 2.31. The van der Waals surface area contributed by atoms with Gasteiger partial charge in [-0.1, -0.05) is 0 Å². The van der Waals surface area contributed by atoms with Gasteiger partial charge in [0.15, 0.2) is 17.3 Å². The molecular formula is C8H9F2NO3. The highest BCUT2D eigenvalue weighted by Gasteiger charge is 2.17. The van der Waals surface area contributed by atoms with Crippen molar-refractivity contribution in [2.75, 3.05) is 7.05 Å². The minimum absolute atomic E-state index is 0.150. The van der Waals surface area contributed by atoms with E-state index in [9.17, 15) is 8.78 Å². The Hall–Kier alpha value is -1.40. The fourth-order valence-electron chi connectivity index (χ4n) is 1.01. The molecule has 0 saturated carbocycles. The van der Waals surface area contributed by atoms with Crippen molar-refractivity contribution >= 4 is 0 Å². The van der Waals surface area contributed by atoms with Crippen LogP contribution in [-0.2, 0) is 6.54 Å². The lowest BCUT2D eigenvalue weighted by Crippen LogP contribution is -2.12. The molecule has 0 aromatic heterocycles. The largest absolute Gasteiger partial charge is 0.504 e. The number of phenolic OH excluding ortho intramolecular Hbond substituents is 2. The number of hydrogen-bond donors (Lipinski definition) is 3. The third-order valence-electron chi connectivity index (χ3n) is 1.65. The summed E-state index contributed by atoms with van der Waals surface area (Å²) >= 11 is 0. The molecule has 14 heavy (non-hydrogen) atoms. The molecule has 0 spiro atoms. The van der Waals surface area contributed by atoms with E-state index in [-0.39, 0.29) is 12.1 Å². The summed E-state index contributed by atoms with van der Waals surface area (Å²) in [6.07, 6.45) is 0. The summed E-state index contributed by atoms with van der Waals surface area (Å²) in [4.78, 5) is 0. The van der Waals surface area contributed by atoms with Crippen LogP contribution in [0.5, 0.6) is 11.5 Å². The first-order valence-corrected chi connectivity index (χ1v) is 3.72. The molecule has 0 unspecified atom stereocenters. The van der Waals surface area contributed by atoms with Gasteiger partial charge in [-0.05, 0) is 6.07 Å². The third kappa shape index (κ3) is 1.91. The Bertz CT molecular complexity index is 355. The quantitative estimate of drug-likeness (QED) is 0.635. The van der Waals surface area contributed by atoms with E-state index < -0.39 is 23.1 Å². The molecule has 1 aromatic carbocycles. The summed E-state index contributed by atoms with van der Waals surface area (Å²) in [5.74, 6) is -4.71. The van der Waals surface area contributed by atoms with Crippen molar-refractivity contribution < 1.29 is 24.2 Å². The van der Waals surface area contributed by atoms with Crippen LogP contribution in [0.1, 0.15) is 5.56 Å². The van der Waals surface area contributed by atoms with Gasteiger partial charge in [-0.25, -0.2) is 4.39 Å². The summed E-state index contributed by atoms with van der Waals surface area (Å²) < 4.78 is 25.6. The van der Waals surface area contributed by atoms with E-state index in [0.717, 1.165) is 6.07 Å². The number of aromatic hydroxyl groups is 2. The Labute approximate surface area is 78.6 Å². The number of rotatable bonds is 2. The van der Waals surface area contributed by atoms with Crippen molar-refractivity contribution in [2.24, 2.45) is 0 Å². The molecule has 0 atom stereocenters. The van der Waals surface area contributed by atoms with E-state index in [1.54, 1.807) is 0 Å².